The predicted molar refractivity (Wildman–Crippen MR) is 79.0 cm³/mol. The summed E-state index contributed by atoms with van der Waals surface area (Å²) in [5, 5.41) is 10.9. The van der Waals surface area contributed by atoms with Crippen molar-refractivity contribution < 1.29 is 14.3 Å². The minimum Gasteiger partial charge on any atom is -0.479 e. The number of halogens is 1. The summed E-state index contributed by atoms with van der Waals surface area (Å²) < 4.78 is 12.0. The molecule has 0 radical (unpaired) electrons. The summed E-state index contributed by atoms with van der Waals surface area (Å²) in [6.45, 7) is 2.03. The first-order valence-corrected chi connectivity index (χ1v) is 7.11. The third kappa shape index (κ3) is 2.41. The Balaban J connectivity index is 2.06. The van der Waals surface area contributed by atoms with Crippen LogP contribution in [0.15, 0.2) is 17.0 Å². The van der Waals surface area contributed by atoms with Crippen LogP contribution in [0.4, 0.5) is 0 Å². The summed E-state index contributed by atoms with van der Waals surface area (Å²) in [6.07, 6.45) is 2.88. The maximum atomic E-state index is 11.7. The highest BCUT2D eigenvalue weighted by Gasteiger charge is 2.17. The predicted octanol–water partition coefficient (Wildman–Crippen LogP) is 1.49. The van der Waals surface area contributed by atoms with Crippen molar-refractivity contribution in [1.29, 1.82) is 0 Å². The van der Waals surface area contributed by atoms with Gasteiger partial charge in [0.25, 0.3) is 5.95 Å². The smallest absolute Gasteiger partial charge is 0.341 e. The third-order valence-electron chi connectivity index (χ3n) is 2.82. The zero-order valence-electron chi connectivity index (χ0n) is 11.7. The highest BCUT2D eigenvalue weighted by molar-refractivity contribution is 9.10. The lowest BCUT2D eigenvalue weighted by Crippen LogP contribution is -2.05. The lowest BCUT2D eigenvalue weighted by Gasteiger charge is -2.04. The van der Waals surface area contributed by atoms with Crippen LogP contribution in [0.2, 0.25) is 0 Å². The van der Waals surface area contributed by atoms with Gasteiger partial charge < -0.3 is 9.47 Å². The number of methoxy groups -OCH3 is 1. The molecule has 0 unspecified atom stereocenters. The van der Waals surface area contributed by atoms with E-state index in [1.165, 1.54) is 24.2 Å². The molecular weight excluding hydrogens is 356 g/mol. The largest absolute Gasteiger partial charge is 0.479 e. The molecule has 3 aromatic heterocycles. The van der Waals surface area contributed by atoms with Crippen LogP contribution < -0.4 is 4.74 Å². The van der Waals surface area contributed by atoms with Gasteiger partial charge >= 0.3 is 5.97 Å². The topological polar surface area (TPSA) is 108 Å². The van der Waals surface area contributed by atoms with E-state index in [2.05, 4.69) is 41.2 Å². The first-order valence-electron chi connectivity index (χ1n) is 6.31. The van der Waals surface area contributed by atoms with Crippen LogP contribution in [0.5, 0.6) is 5.88 Å². The van der Waals surface area contributed by atoms with Gasteiger partial charge in [0.05, 0.1) is 25.5 Å². The third-order valence-corrected chi connectivity index (χ3v) is 3.37. The van der Waals surface area contributed by atoms with Crippen molar-refractivity contribution >= 4 is 32.9 Å². The second kappa shape index (κ2) is 5.72. The number of fused-ring (bicyclic) bond motifs is 1. The number of hydrogen-bond donors (Lipinski definition) is 1. The second-order valence-electron chi connectivity index (χ2n) is 4.16. The van der Waals surface area contributed by atoms with Crippen molar-refractivity contribution in [1.82, 2.24) is 29.9 Å². The Labute approximate surface area is 132 Å². The molecule has 0 amide bonds. The van der Waals surface area contributed by atoms with Crippen LogP contribution >= 0.6 is 15.9 Å². The molecule has 1 N–H and O–H groups in total. The van der Waals surface area contributed by atoms with Crippen molar-refractivity contribution in [2.24, 2.45) is 0 Å². The average Bonchev–Trinajstić information content (AvgIpc) is 3.14. The molecule has 0 aliphatic carbocycles. The number of H-pyrrole nitrogens is 1. The molecule has 22 heavy (non-hydrogen) atoms. The van der Waals surface area contributed by atoms with Crippen LogP contribution in [0.3, 0.4) is 0 Å². The quantitative estimate of drug-likeness (QED) is 0.696. The summed E-state index contributed by atoms with van der Waals surface area (Å²) in [5.74, 6) is 0.125. The summed E-state index contributed by atoms with van der Waals surface area (Å²) in [5.41, 5.74) is 1.43. The molecule has 0 saturated heterocycles. The molecule has 0 spiro atoms. The Bertz CT molecular complexity index is 843. The highest BCUT2D eigenvalue weighted by atomic mass is 79.9. The molecule has 3 aromatic rings. The van der Waals surface area contributed by atoms with E-state index >= 15 is 0 Å². The molecule has 0 atom stereocenters. The van der Waals surface area contributed by atoms with Gasteiger partial charge in [-0.05, 0) is 22.9 Å². The molecule has 0 aliphatic rings. The lowest BCUT2D eigenvalue weighted by atomic mass is 10.4. The highest BCUT2D eigenvalue weighted by Crippen LogP contribution is 2.26. The van der Waals surface area contributed by atoms with Crippen LogP contribution in [-0.2, 0) is 4.74 Å². The molecule has 3 rings (SSSR count). The van der Waals surface area contributed by atoms with Gasteiger partial charge in [-0.2, -0.15) is 15.2 Å². The molecule has 0 saturated carbocycles. The maximum absolute atomic E-state index is 11.7. The van der Waals surface area contributed by atoms with Crippen molar-refractivity contribution in [3.05, 3.63) is 22.6 Å². The normalized spacial score (nSPS) is 10.9. The van der Waals surface area contributed by atoms with Gasteiger partial charge in [-0.1, -0.05) is 0 Å². The van der Waals surface area contributed by atoms with Crippen LogP contribution in [0.1, 0.15) is 17.3 Å². The number of aromatic nitrogens is 6. The van der Waals surface area contributed by atoms with Crippen molar-refractivity contribution in [2.75, 3.05) is 13.7 Å². The molecule has 3 heterocycles. The van der Waals surface area contributed by atoms with Crippen LogP contribution in [-0.4, -0.2) is 49.6 Å². The van der Waals surface area contributed by atoms with Gasteiger partial charge in [0.2, 0.25) is 5.88 Å². The number of hydrogen-bond acceptors (Lipinski definition) is 7. The van der Waals surface area contributed by atoms with Crippen molar-refractivity contribution in [2.45, 2.75) is 6.92 Å². The minimum absolute atomic E-state index is 0.252. The summed E-state index contributed by atoms with van der Waals surface area (Å²) >= 11 is 3.29. The van der Waals surface area contributed by atoms with Gasteiger partial charge in [-0.3, -0.25) is 5.10 Å². The molecule has 114 valence electrons. The first-order chi connectivity index (χ1) is 10.6. The zero-order chi connectivity index (χ0) is 15.7. The fourth-order valence-electron chi connectivity index (χ4n) is 1.84. The Morgan fingerprint density at radius 1 is 1.45 bits per heavy atom. The van der Waals surface area contributed by atoms with E-state index < -0.39 is 5.97 Å². The van der Waals surface area contributed by atoms with E-state index in [0.29, 0.717) is 33.7 Å². The number of carbonyl (C=O) groups is 1. The first kappa shape index (κ1) is 14.4. The molecular formula is C12H11BrN6O3. The number of rotatable bonds is 4. The van der Waals surface area contributed by atoms with Gasteiger partial charge in [-0.25, -0.2) is 14.5 Å². The van der Waals surface area contributed by atoms with Crippen molar-refractivity contribution in [3.63, 3.8) is 0 Å². The summed E-state index contributed by atoms with van der Waals surface area (Å²) in [6, 6.07) is 0. The average molecular weight is 367 g/mol. The summed E-state index contributed by atoms with van der Waals surface area (Å²) in [7, 11) is 1.49. The number of nitrogens with zero attached hydrogens (tertiary/aromatic N) is 5. The number of carbonyl (C=O) groups excluding carboxylic acids is 1. The van der Waals surface area contributed by atoms with Gasteiger partial charge in [0, 0.05) is 6.20 Å². The van der Waals surface area contributed by atoms with E-state index in [1.54, 1.807) is 6.92 Å². The Morgan fingerprint density at radius 2 is 2.27 bits per heavy atom. The fraction of sp³-hybridized carbons (Fsp3) is 0.250. The van der Waals surface area contributed by atoms with E-state index in [0.717, 1.165) is 0 Å². The molecule has 0 bridgehead atoms. The Kier molecular flexibility index (Phi) is 3.75. The lowest BCUT2D eigenvalue weighted by molar-refractivity contribution is 0.0526. The molecule has 0 fully saturated rings. The molecule has 10 heteroatoms. The van der Waals surface area contributed by atoms with Gasteiger partial charge in [0.1, 0.15) is 11.0 Å². The van der Waals surface area contributed by atoms with Crippen LogP contribution in [0.25, 0.3) is 17.0 Å². The fourth-order valence-corrected chi connectivity index (χ4v) is 2.21. The zero-order valence-corrected chi connectivity index (χ0v) is 13.3. The van der Waals surface area contributed by atoms with Gasteiger partial charge in [-0.15, -0.1) is 0 Å². The second-order valence-corrected chi connectivity index (χ2v) is 4.92. The standard InChI is InChI=1S/C12H11BrN6O3/c1-3-22-11(20)6-4-14-19(5-6)12-15-7-8(10(16-12)21-2)17-18-9(7)13/h4-5H,3H2,1-2H3,(H,17,18). The minimum atomic E-state index is -0.453. The van der Waals surface area contributed by atoms with E-state index in [9.17, 15) is 4.79 Å². The molecule has 9 nitrogen and oxygen atoms in total. The monoisotopic (exact) mass is 366 g/mol. The SMILES string of the molecule is CCOC(=O)c1cnn(-c2nc(OC)c3[nH]nc(Br)c3n2)c1. The van der Waals surface area contributed by atoms with Crippen LogP contribution in [0, 0.1) is 0 Å². The maximum Gasteiger partial charge on any atom is 0.341 e. The molecule has 0 aromatic carbocycles. The Hall–Kier alpha value is -2.49. The van der Waals surface area contributed by atoms with E-state index in [-0.39, 0.29) is 5.95 Å². The number of esters is 1. The number of aromatic amines is 1. The van der Waals surface area contributed by atoms with E-state index in [1.807, 2.05) is 0 Å². The summed E-state index contributed by atoms with van der Waals surface area (Å²) in [4.78, 5) is 20.3. The number of ether oxygens (including phenoxy) is 2. The Morgan fingerprint density at radius 3 is 3.00 bits per heavy atom. The van der Waals surface area contributed by atoms with Gasteiger partial charge in [0.15, 0.2) is 4.60 Å². The van der Waals surface area contributed by atoms with Crippen molar-refractivity contribution in [3.8, 4) is 11.8 Å². The number of nitrogens with one attached hydrogen (secondary N) is 1. The molecule has 0 aliphatic heterocycles. The van der Waals surface area contributed by atoms with E-state index in [4.69, 9.17) is 9.47 Å².